The van der Waals surface area contributed by atoms with Crippen molar-refractivity contribution < 1.29 is 0 Å². The van der Waals surface area contributed by atoms with Gasteiger partial charge >= 0.3 is 0 Å². The molecule has 0 saturated heterocycles. The maximum absolute atomic E-state index is 5.89. The molecule has 2 heterocycles. The molecule has 0 aliphatic heterocycles. The van der Waals surface area contributed by atoms with Crippen LogP contribution < -0.4 is 4.80 Å². The first kappa shape index (κ1) is 14.7. The molecular formula is C16H13ClN4S. The zero-order chi connectivity index (χ0) is 15.4. The predicted octanol–water partition coefficient (Wildman–Crippen LogP) is 4.02. The molecule has 0 atom stereocenters. The molecule has 0 aliphatic carbocycles. The van der Waals surface area contributed by atoms with Gasteiger partial charge in [0.05, 0.1) is 23.3 Å². The summed E-state index contributed by atoms with van der Waals surface area (Å²) in [6.07, 6.45) is 3.46. The molecule has 1 aromatic carbocycles. The van der Waals surface area contributed by atoms with Crippen molar-refractivity contribution in [3.05, 3.63) is 75.3 Å². The van der Waals surface area contributed by atoms with Crippen LogP contribution in [0, 0.1) is 6.92 Å². The Hall–Kier alpha value is -2.24. The van der Waals surface area contributed by atoms with E-state index >= 15 is 0 Å². The van der Waals surface area contributed by atoms with Gasteiger partial charge in [0.25, 0.3) is 0 Å². The van der Waals surface area contributed by atoms with Crippen molar-refractivity contribution in [1.29, 1.82) is 0 Å². The Balaban J connectivity index is 1.97. The number of pyridine rings is 1. The second kappa shape index (κ2) is 6.68. The quantitative estimate of drug-likeness (QED) is 0.669. The van der Waals surface area contributed by atoms with Gasteiger partial charge in [-0.25, -0.2) is 9.67 Å². The molecule has 22 heavy (non-hydrogen) atoms. The van der Waals surface area contributed by atoms with Gasteiger partial charge in [-0.15, -0.1) is 11.3 Å². The normalized spacial score (nSPS) is 12.2. The third-order valence-corrected chi connectivity index (χ3v) is 4.08. The number of benzene rings is 1. The average Bonchev–Trinajstić information content (AvgIpc) is 2.89. The van der Waals surface area contributed by atoms with E-state index in [1.54, 1.807) is 17.1 Å². The molecule has 0 amide bonds. The van der Waals surface area contributed by atoms with E-state index in [0.717, 1.165) is 21.9 Å². The zero-order valence-electron chi connectivity index (χ0n) is 11.8. The fourth-order valence-electron chi connectivity index (χ4n) is 1.80. The third kappa shape index (κ3) is 3.50. The number of rotatable bonds is 3. The van der Waals surface area contributed by atoms with Gasteiger partial charge in [-0.1, -0.05) is 17.7 Å². The van der Waals surface area contributed by atoms with Crippen LogP contribution in [0.15, 0.2) is 64.1 Å². The summed E-state index contributed by atoms with van der Waals surface area (Å²) < 4.78 is 1.80. The molecular weight excluding hydrogens is 316 g/mol. The fraction of sp³-hybridized carbons (Fsp3) is 0.0625. The molecule has 3 aromatic rings. The van der Waals surface area contributed by atoms with E-state index in [-0.39, 0.29) is 0 Å². The largest absolute Gasteiger partial charge is 0.255 e. The highest BCUT2D eigenvalue weighted by molar-refractivity contribution is 7.07. The summed E-state index contributed by atoms with van der Waals surface area (Å²) in [7, 11) is 0. The first-order chi connectivity index (χ1) is 10.7. The lowest BCUT2D eigenvalue weighted by Gasteiger charge is -1.98. The molecule has 0 radical (unpaired) electrons. The number of halogens is 1. The van der Waals surface area contributed by atoms with E-state index in [1.165, 1.54) is 11.3 Å². The van der Waals surface area contributed by atoms with Crippen molar-refractivity contribution in [3.8, 4) is 0 Å². The maximum atomic E-state index is 5.89. The highest BCUT2D eigenvalue weighted by Gasteiger charge is 2.00. The summed E-state index contributed by atoms with van der Waals surface area (Å²) in [6, 6.07) is 13.1. The van der Waals surface area contributed by atoms with Gasteiger partial charge in [-0.05, 0) is 43.3 Å². The molecule has 0 fully saturated rings. The van der Waals surface area contributed by atoms with Crippen LogP contribution in [0.4, 0.5) is 5.69 Å². The van der Waals surface area contributed by atoms with Crippen LogP contribution in [0.25, 0.3) is 0 Å². The molecule has 110 valence electrons. The third-order valence-electron chi connectivity index (χ3n) is 2.89. The van der Waals surface area contributed by atoms with E-state index < -0.39 is 0 Å². The van der Waals surface area contributed by atoms with Crippen molar-refractivity contribution in [2.24, 2.45) is 10.1 Å². The van der Waals surface area contributed by atoms with Crippen molar-refractivity contribution in [3.63, 3.8) is 0 Å². The van der Waals surface area contributed by atoms with Crippen LogP contribution in [0.3, 0.4) is 0 Å². The SMILES string of the molecule is Cc1csc(=Nc2ccc(Cl)cc2)n1N=Cc1ccccn1. The average molecular weight is 329 g/mol. The highest BCUT2D eigenvalue weighted by atomic mass is 35.5. The van der Waals surface area contributed by atoms with E-state index in [2.05, 4.69) is 15.1 Å². The monoisotopic (exact) mass is 328 g/mol. The lowest BCUT2D eigenvalue weighted by atomic mass is 10.3. The first-order valence-electron chi connectivity index (χ1n) is 6.65. The van der Waals surface area contributed by atoms with Gasteiger partial charge in [-0.2, -0.15) is 5.10 Å². The minimum Gasteiger partial charge on any atom is -0.255 e. The Labute approximate surface area is 137 Å². The fourth-order valence-corrected chi connectivity index (χ4v) is 2.75. The minimum atomic E-state index is 0.697. The van der Waals surface area contributed by atoms with E-state index in [4.69, 9.17) is 11.6 Å². The van der Waals surface area contributed by atoms with Crippen LogP contribution in [0.5, 0.6) is 0 Å². The maximum Gasteiger partial charge on any atom is 0.211 e. The number of hydrogen-bond acceptors (Lipinski definition) is 4. The molecule has 0 N–H and O–H groups in total. The van der Waals surface area contributed by atoms with Gasteiger partial charge in [0.15, 0.2) is 0 Å². The summed E-state index contributed by atoms with van der Waals surface area (Å²) in [5.41, 5.74) is 2.66. The summed E-state index contributed by atoms with van der Waals surface area (Å²) in [4.78, 5) is 9.63. The highest BCUT2D eigenvalue weighted by Crippen LogP contribution is 2.16. The molecule has 0 bridgehead atoms. The van der Waals surface area contributed by atoms with Gasteiger partial charge in [0.1, 0.15) is 0 Å². The van der Waals surface area contributed by atoms with Crippen molar-refractivity contribution >= 4 is 34.8 Å². The minimum absolute atomic E-state index is 0.697. The second-order valence-corrected chi connectivity index (χ2v) is 5.83. The molecule has 0 spiro atoms. The van der Waals surface area contributed by atoms with Gasteiger partial charge in [0.2, 0.25) is 4.80 Å². The van der Waals surface area contributed by atoms with Crippen molar-refractivity contribution in [1.82, 2.24) is 9.66 Å². The molecule has 0 saturated carbocycles. The van der Waals surface area contributed by atoms with Crippen molar-refractivity contribution in [2.45, 2.75) is 6.92 Å². The smallest absolute Gasteiger partial charge is 0.211 e. The first-order valence-corrected chi connectivity index (χ1v) is 7.91. The standard InChI is InChI=1S/C16H13ClN4S/c1-12-11-22-16(20-14-7-5-13(17)6-8-14)21(12)19-10-15-4-2-3-9-18-15/h2-11H,1H3. The Bertz CT molecular complexity index is 848. The van der Waals surface area contributed by atoms with E-state index in [9.17, 15) is 0 Å². The van der Waals surface area contributed by atoms with Crippen LogP contribution in [-0.4, -0.2) is 15.9 Å². The Morgan fingerprint density at radius 1 is 1.18 bits per heavy atom. The van der Waals surface area contributed by atoms with Crippen LogP contribution >= 0.6 is 22.9 Å². The molecule has 6 heteroatoms. The Morgan fingerprint density at radius 2 is 2.00 bits per heavy atom. The lowest BCUT2D eigenvalue weighted by Crippen LogP contribution is -2.11. The molecule has 4 nitrogen and oxygen atoms in total. The topological polar surface area (TPSA) is 42.5 Å². The van der Waals surface area contributed by atoms with Crippen LogP contribution in [-0.2, 0) is 0 Å². The number of aryl methyl sites for hydroxylation is 1. The molecule has 0 unspecified atom stereocenters. The Morgan fingerprint density at radius 3 is 2.73 bits per heavy atom. The van der Waals surface area contributed by atoms with Gasteiger partial charge in [0, 0.05) is 16.6 Å². The predicted molar refractivity (Wildman–Crippen MR) is 91.0 cm³/mol. The summed E-state index contributed by atoms with van der Waals surface area (Å²) in [5.74, 6) is 0. The second-order valence-electron chi connectivity index (χ2n) is 4.56. The lowest BCUT2D eigenvalue weighted by molar-refractivity contribution is 0.809. The number of aromatic nitrogens is 2. The van der Waals surface area contributed by atoms with E-state index in [1.807, 2.05) is 54.8 Å². The molecule has 3 rings (SSSR count). The van der Waals surface area contributed by atoms with E-state index in [0.29, 0.717) is 5.02 Å². The van der Waals surface area contributed by atoms with Crippen molar-refractivity contribution in [2.75, 3.05) is 0 Å². The number of hydrogen-bond donors (Lipinski definition) is 0. The number of nitrogens with zero attached hydrogens (tertiary/aromatic N) is 4. The summed E-state index contributed by atoms with van der Waals surface area (Å²) in [5, 5.41) is 7.18. The summed E-state index contributed by atoms with van der Waals surface area (Å²) in [6.45, 7) is 1.99. The Kier molecular flexibility index (Phi) is 4.46. The van der Waals surface area contributed by atoms with Crippen LogP contribution in [0.2, 0.25) is 5.02 Å². The number of thiazole rings is 1. The zero-order valence-corrected chi connectivity index (χ0v) is 13.4. The summed E-state index contributed by atoms with van der Waals surface area (Å²) >= 11 is 7.43. The molecule has 2 aromatic heterocycles. The molecule has 0 aliphatic rings. The van der Waals surface area contributed by atoms with Gasteiger partial charge < -0.3 is 0 Å². The van der Waals surface area contributed by atoms with Gasteiger partial charge in [-0.3, -0.25) is 4.98 Å². The van der Waals surface area contributed by atoms with Crippen LogP contribution in [0.1, 0.15) is 11.4 Å².